The van der Waals surface area contributed by atoms with Crippen molar-refractivity contribution in [3.8, 4) is 0 Å². The van der Waals surface area contributed by atoms with Crippen molar-refractivity contribution in [1.82, 2.24) is 9.88 Å². The number of rotatable bonds is 6. The minimum Gasteiger partial charge on any atom is -0.381 e. The highest BCUT2D eigenvalue weighted by Crippen LogP contribution is 2.15. The summed E-state index contributed by atoms with van der Waals surface area (Å²) >= 11 is 0. The van der Waals surface area contributed by atoms with E-state index in [4.69, 9.17) is 10.5 Å². The van der Waals surface area contributed by atoms with Crippen molar-refractivity contribution in [2.24, 2.45) is 5.73 Å². The first-order valence-electron chi connectivity index (χ1n) is 7.47. The molecule has 2 rings (SSSR count). The standard InChI is InChI=1S/C15H25N3O2/c1-2-3-14(16)12-4-7-18(10-12)11-15(19)17-13-5-8-20-9-6-13/h4,7,10,13-14H,2-3,5-6,8-9,11,16H2,1H3,(H,17,19). The van der Waals surface area contributed by atoms with Gasteiger partial charge < -0.3 is 20.4 Å². The van der Waals surface area contributed by atoms with Crippen molar-refractivity contribution in [3.63, 3.8) is 0 Å². The number of nitrogens with one attached hydrogen (secondary N) is 1. The topological polar surface area (TPSA) is 69.3 Å². The molecule has 0 aliphatic carbocycles. The molecule has 1 aliphatic heterocycles. The van der Waals surface area contributed by atoms with Gasteiger partial charge in [-0.05, 0) is 30.9 Å². The Morgan fingerprint density at radius 2 is 2.30 bits per heavy atom. The Kier molecular flexibility index (Phi) is 5.61. The third-order valence-corrected chi connectivity index (χ3v) is 3.71. The molecule has 0 radical (unpaired) electrons. The highest BCUT2D eigenvalue weighted by Gasteiger charge is 2.16. The van der Waals surface area contributed by atoms with E-state index in [1.54, 1.807) is 0 Å². The molecule has 1 aromatic heterocycles. The van der Waals surface area contributed by atoms with Crippen LogP contribution in [0.25, 0.3) is 0 Å². The molecule has 0 bridgehead atoms. The molecule has 1 saturated heterocycles. The second kappa shape index (κ2) is 7.45. The number of ether oxygens (including phenoxy) is 1. The minimum atomic E-state index is 0.0584. The highest BCUT2D eigenvalue weighted by atomic mass is 16.5. The number of hydrogen-bond donors (Lipinski definition) is 2. The van der Waals surface area contributed by atoms with Crippen LogP contribution in [-0.4, -0.2) is 29.7 Å². The molecule has 3 N–H and O–H groups in total. The van der Waals surface area contributed by atoms with Crippen molar-refractivity contribution >= 4 is 5.91 Å². The molecule has 1 fully saturated rings. The van der Waals surface area contributed by atoms with Crippen LogP contribution < -0.4 is 11.1 Å². The number of nitrogens with zero attached hydrogens (tertiary/aromatic N) is 1. The van der Waals surface area contributed by atoms with E-state index < -0.39 is 0 Å². The van der Waals surface area contributed by atoms with Crippen molar-refractivity contribution < 1.29 is 9.53 Å². The first-order chi connectivity index (χ1) is 9.69. The van der Waals surface area contributed by atoms with E-state index in [-0.39, 0.29) is 18.0 Å². The van der Waals surface area contributed by atoms with Crippen molar-refractivity contribution in [2.75, 3.05) is 13.2 Å². The molecule has 1 aromatic rings. The zero-order valence-corrected chi connectivity index (χ0v) is 12.2. The number of carbonyl (C=O) groups is 1. The second-order valence-corrected chi connectivity index (χ2v) is 5.47. The largest absolute Gasteiger partial charge is 0.381 e. The molecular formula is C15H25N3O2. The summed E-state index contributed by atoms with van der Waals surface area (Å²) in [4.78, 5) is 12.0. The Bertz CT molecular complexity index is 425. The fourth-order valence-electron chi connectivity index (χ4n) is 2.54. The van der Waals surface area contributed by atoms with Crippen LogP contribution in [-0.2, 0) is 16.1 Å². The monoisotopic (exact) mass is 279 g/mol. The third-order valence-electron chi connectivity index (χ3n) is 3.71. The van der Waals surface area contributed by atoms with E-state index in [0.29, 0.717) is 6.54 Å². The van der Waals surface area contributed by atoms with Gasteiger partial charge in [0.15, 0.2) is 0 Å². The Balaban J connectivity index is 1.81. The Morgan fingerprint density at radius 3 is 3.00 bits per heavy atom. The zero-order valence-electron chi connectivity index (χ0n) is 12.2. The van der Waals surface area contributed by atoms with E-state index in [9.17, 15) is 4.79 Å². The van der Waals surface area contributed by atoms with Gasteiger partial charge in [0.25, 0.3) is 0 Å². The van der Waals surface area contributed by atoms with Gasteiger partial charge in [-0.3, -0.25) is 4.79 Å². The van der Waals surface area contributed by atoms with Gasteiger partial charge >= 0.3 is 0 Å². The Hall–Kier alpha value is -1.33. The second-order valence-electron chi connectivity index (χ2n) is 5.47. The molecule has 5 nitrogen and oxygen atoms in total. The lowest BCUT2D eigenvalue weighted by Gasteiger charge is -2.23. The molecule has 112 valence electrons. The molecule has 0 aromatic carbocycles. The van der Waals surface area contributed by atoms with Gasteiger partial charge in [-0.15, -0.1) is 0 Å². The van der Waals surface area contributed by atoms with E-state index in [1.165, 1.54) is 0 Å². The summed E-state index contributed by atoms with van der Waals surface area (Å²) in [5, 5.41) is 3.06. The van der Waals surface area contributed by atoms with Gasteiger partial charge in [-0.1, -0.05) is 13.3 Å². The fraction of sp³-hybridized carbons (Fsp3) is 0.667. The molecule has 1 unspecified atom stereocenters. The first-order valence-corrected chi connectivity index (χ1v) is 7.47. The summed E-state index contributed by atoms with van der Waals surface area (Å²) in [5.41, 5.74) is 7.17. The maximum absolute atomic E-state index is 12.0. The van der Waals surface area contributed by atoms with Gasteiger partial charge in [0.1, 0.15) is 6.54 Å². The lowest BCUT2D eigenvalue weighted by molar-refractivity contribution is -0.122. The quantitative estimate of drug-likeness (QED) is 0.830. The van der Waals surface area contributed by atoms with Gasteiger partial charge in [0, 0.05) is 37.7 Å². The summed E-state index contributed by atoms with van der Waals surface area (Å²) in [6, 6.07) is 2.33. The predicted molar refractivity (Wildman–Crippen MR) is 78.3 cm³/mol. The van der Waals surface area contributed by atoms with E-state index >= 15 is 0 Å². The zero-order chi connectivity index (χ0) is 14.4. The predicted octanol–water partition coefficient (Wildman–Crippen LogP) is 1.58. The number of hydrogen-bond acceptors (Lipinski definition) is 3. The maximum atomic E-state index is 12.0. The van der Waals surface area contributed by atoms with Crippen molar-refractivity contribution in [1.29, 1.82) is 0 Å². The van der Waals surface area contributed by atoms with Gasteiger partial charge in [0.05, 0.1) is 0 Å². The summed E-state index contributed by atoms with van der Waals surface area (Å²) < 4.78 is 7.18. The summed E-state index contributed by atoms with van der Waals surface area (Å²) in [6.07, 6.45) is 7.75. The first kappa shape index (κ1) is 15.1. The number of nitrogens with two attached hydrogens (primary N) is 1. The van der Waals surface area contributed by atoms with Crippen LogP contribution in [0.4, 0.5) is 0 Å². The smallest absolute Gasteiger partial charge is 0.240 e. The molecular weight excluding hydrogens is 254 g/mol. The number of carbonyl (C=O) groups excluding carboxylic acids is 1. The van der Waals surface area contributed by atoms with Crippen LogP contribution in [0.2, 0.25) is 0 Å². The molecule has 2 heterocycles. The Labute approximate surface area is 120 Å². The number of amides is 1. The maximum Gasteiger partial charge on any atom is 0.240 e. The SMILES string of the molecule is CCCC(N)c1ccn(CC(=O)NC2CCOCC2)c1. The van der Waals surface area contributed by atoms with E-state index in [2.05, 4.69) is 12.2 Å². The van der Waals surface area contributed by atoms with Gasteiger partial charge in [-0.25, -0.2) is 0 Å². The molecule has 1 amide bonds. The van der Waals surface area contributed by atoms with Crippen LogP contribution in [0.5, 0.6) is 0 Å². The molecule has 0 saturated carbocycles. The summed E-state index contributed by atoms with van der Waals surface area (Å²) in [5.74, 6) is 0.0584. The van der Waals surface area contributed by atoms with Crippen LogP contribution in [0.3, 0.4) is 0 Å². The number of aromatic nitrogens is 1. The Morgan fingerprint density at radius 1 is 1.55 bits per heavy atom. The summed E-state index contributed by atoms with van der Waals surface area (Å²) in [7, 11) is 0. The van der Waals surface area contributed by atoms with Crippen molar-refractivity contribution in [3.05, 3.63) is 24.0 Å². The van der Waals surface area contributed by atoms with E-state index in [0.717, 1.165) is 44.5 Å². The minimum absolute atomic E-state index is 0.0584. The molecule has 20 heavy (non-hydrogen) atoms. The molecule has 0 spiro atoms. The van der Waals surface area contributed by atoms with Crippen LogP contribution in [0, 0.1) is 0 Å². The van der Waals surface area contributed by atoms with E-state index in [1.807, 2.05) is 23.0 Å². The van der Waals surface area contributed by atoms with Crippen LogP contribution in [0.15, 0.2) is 18.5 Å². The molecule has 1 aliphatic rings. The molecule has 1 atom stereocenters. The average molecular weight is 279 g/mol. The van der Waals surface area contributed by atoms with Gasteiger partial charge in [-0.2, -0.15) is 0 Å². The molecule has 5 heteroatoms. The van der Waals surface area contributed by atoms with Crippen molar-refractivity contribution in [2.45, 2.75) is 51.2 Å². The lowest BCUT2D eigenvalue weighted by atomic mass is 10.1. The third kappa shape index (κ3) is 4.35. The fourth-order valence-corrected chi connectivity index (χ4v) is 2.54. The lowest BCUT2D eigenvalue weighted by Crippen LogP contribution is -2.40. The summed E-state index contributed by atoms with van der Waals surface area (Å²) in [6.45, 7) is 3.96. The highest BCUT2D eigenvalue weighted by molar-refractivity contribution is 5.76. The van der Waals surface area contributed by atoms with Gasteiger partial charge in [0.2, 0.25) is 5.91 Å². The van der Waals surface area contributed by atoms with Crippen LogP contribution >= 0.6 is 0 Å². The normalized spacial score (nSPS) is 17.9. The van der Waals surface area contributed by atoms with Crippen LogP contribution in [0.1, 0.15) is 44.2 Å². The average Bonchev–Trinajstić information content (AvgIpc) is 2.88.